The van der Waals surface area contributed by atoms with Crippen molar-refractivity contribution in [1.29, 1.82) is 0 Å². The third-order valence-electron chi connectivity index (χ3n) is 4.47. The molecule has 0 saturated carbocycles. The van der Waals surface area contributed by atoms with Gasteiger partial charge in [-0.2, -0.15) is 0 Å². The number of ether oxygens (including phenoxy) is 1. The second-order valence-corrected chi connectivity index (χ2v) is 6.77. The molecule has 4 rings (SSSR count). The number of carbonyl (C=O) groups excluding carboxylic acids is 2. The highest BCUT2D eigenvalue weighted by Gasteiger charge is 2.43. The van der Waals surface area contributed by atoms with Crippen LogP contribution in [0, 0.1) is 0 Å². The lowest BCUT2D eigenvalue weighted by atomic mass is 9.84. The zero-order valence-corrected chi connectivity index (χ0v) is 14.6. The van der Waals surface area contributed by atoms with Crippen LogP contribution in [0.4, 0.5) is 5.69 Å². The molecule has 0 N–H and O–H groups in total. The fourth-order valence-electron chi connectivity index (χ4n) is 3.38. The fourth-order valence-corrected chi connectivity index (χ4v) is 3.92. The highest BCUT2D eigenvalue weighted by molar-refractivity contribution is 6.35. The highest BCUT2D eigenvalue weighted by atomic mass is 35.5. The summed E-state index contributed by atoms with van der Waals surface area (Å²) >= 11 is 12.3. The summed E-state index contributed by atoms with van der Waals surface area (Å²) in [6, 6.07) is 14.3. The molecule has 0 bridgehead atoms. The summed E-state index contributed by atoms with van der Waals surface area (Å²) in [5.41, 5.74) is 2.51. The number of benzene rings is 2. The minimum Gasteiger partial charge on any atom is -0.456 e. The Morgan fingerprint density at radius 3 is 2.52 bits per heavy atom. The van der Waals surface area contributed by atoms with Crippen molar-refractivity contribution in [2.24, 2.45) is 0 Å². The van der Waals surface area contributed by atoms with Gasteiger partial charge in [-0.25, -0.2) is 4.79 Å². The Morgan fingerprint density at radius 1 is 1.04 bits per heavy atom. The number of rotatable bonds is 2. The van der Waals surface area contributed by atoms with Crippen LogP contribution in [-0.2, 0) is 14.3 Å². The first-order chi connectivity index (χ1) is 12.1. The van der Waals surface area contributed by atoms with Crippen molar-refractivity contribution in [3.8, 4) is 0 Å². The molecule has 0 fully saturated rings. The molecule has 0 aliphatic carbocycles. The number of anilines is 1. The summed E-state index contributed by atoms with van der Waals surface area (Å²) in [5, 5.41) is 0.940. The van der Waals surface area contributed by atoms with Crippen molar-refractivity contribution in [3.63, 3.8) is 0 Å². The molecule has 2 aliphatic rings. The van der Waals surface area contributed by atoms with Crippen molar-refractivity contribution < 1.29 is 14.3 Å². The maximum absolute atomic E-state index is 12.9. The normalized spacial score (nSPS) is 19.9. The van der Waals surface area contributed by atoms with Crippen LogP contribution in [0.1, 0.15) is 17.9 Å². The van der Waals surface area contributed by atoms with E-state index in [0.29, 0.717) is 26.9 Å². The number of esters is 1. The Hall–Kier alpha value is -2.30. The molecule has 0 radical (unpaired) electrons. The van der Waals surface area contributed by atoms with Crippen LogP contribution in [0.3, 0.4) is 0 Å². The van der Waals surface area contributed by atoms with Crippen molar-refractivity contribution in [1.82, 2.24) is 0 Å². The van der Waals surface area contributed by atoms with Crippen LogP contribution in [0.25, 0.3) is 0 Å². The molecule has 0 aromatic heterocycles. The van der Waals surface area contributed by atoms with E-state index in [9.17, 15) is 9.59 Å². The van der Waals surface area contributed by atoms with E-state index in [1.807, 2.05) is 30.3 Å². The first-order valence-electron chi connectivity index (χ1n) is 7.79. The molecule has 25 heavy (non-hydrogen) atoms. The average molecular weight is 374 g/mol. The zero-order valence-electron chi connectivity index (χ0n) is 13.0. The standard InChI is InChI=1S/C19H13Cl2NO3/c20-11-6-7-13(15(21)8-11)14-9-17(23)22(12-4-2-1-3-5-12)16-10-25-19(24)18(14)16/h1-8,14H,9-10H2/t14-/m1/s1. The van der Waals surface area contributed by atoms with Gasteiger partial charge in [0, 0.05) is 28.1 Å². The molecule has 0 spiro atoms. The average Bonchev–Trinajstić information content (AvgIpc) is 2.97. The van der Waals surface area contributed by atoms with Gasteiger partial charge in [0.25, 0.3) is 0 Å². The van der Waals surface area contributed by atoms with Crippen LogP contribution >= 0.6 is 23.2 Å². The van der Waals surface area contributed by atoms with Crippen molar-refractivity contribution >= 4 is 40.8 Å². The van der Waals surface area contributed by atoms with Crippen LogP contribution in [0.15, 0.2) is 59.8 Å². The highest BCUT2D eigenvalue weighted by Crippen LogP contribution is 2.43. The summed E-state index contributed by atoms with van der Waals surface area (Å²) in [6.45, 7) is 0.0799. The number of para-hydroxylation sites is 1. The Balaban J connectivity index is 1.85. The third-order valence-corrected chi connectivity index (χ3v) is 5.03. The summed E-state index contributed by atoms with van der Waals surface area (Å²) in [5.74, 6) is -0.930. The van der Waals surface area contributed by atoms with Gasteiger partial charge in [0.05, 0.1) is 11.3 Å². The van der Waals surface area contributed by atoms with Crippen LogP contribution in [0.5, 0.6) is 0 Å². The molecule has 4 nitrogen and oxygen atoms in total. The van der Waals surface area contributed by atoms with Crippen molar-refractivity contribution in [3.05, 3.63) is 75.4 Å². The Bertz CT molecular complexity index is 908. The van der Waals surface area contributed by atoms with Gasteiger partial charge in [0.2, 0.25) is 5.91 Å². The quantitative estimate of drug-likeness (QED) is 0.736. The molecular formula is C19H13Cl2NO3. The Kier molecular flexibility index (Phi) is 4.02. The van der Waals surface area contributed by atoms with Gasteiger partial charge in [-0.3, -0.25) is 9.69 Å². The predicted molar refractivity (Wildman–Crippen MR) is 95.7 cm³/mol. The van der Waals surface area contributed by atoms with Crippen LogP contribution in [-0.4, -0.2) is 18.5 Å². The van der Waals surface area contributed by atoms with Crippen LogP contribution < -0.4 is 4.90 Å². The SMILES string of the molecule is O=C1OCC2=C1[C@@H](c1ccc(Cl)cc1Cl)CC(=O)N2c1ccccc1. The molecule has 0 saturated heterocycles. The van der Waals surface area contributed by atoms with E-state index in [4.69, 9.17) is 27.9 Å². The minimum absolute atomic E-state index is 0.0799. The van der Waals surface area contributed by atoms with E-state index in [2.05, 4.69) is 0 Å². The molecule has 2 aliphatic heterocycles. The predicted octanol–water partition coefficient (Wildman–Crippen LogP) is 4.32. The number of halogens is 2. The van der Waals surface area contributed by atoms with Gasteiger partial charge in [-0.1, -0.05) is 47.5 Å². The smallest absolute Gasteiger partial charge is 0.336 e. The topological polar surface area (TPSA) is 46.6 Å². The Morgan fingerprint density at radius 2 is 1.80 bits per heavy atom. The molecule has 1 atom stereocenters. The number of hydrogen-bond acceptors (Lipinski definition) is 3. The molecule has 1 amide bonds. The molecule has 0 unspecified atom stereocenters. The lowest BCUT2D eigenvalue weighted by molar-refractivity contribution is -0.136. The van der Waals surface area contributed by atoms with Gasteiger partial charge in [-0.15, -0.1) is 0 Å². The molecule has 2 heterocycles. The van der Waals surface area contributed by atoms with E-state index >= 15 is 0 Å². The summed E-state index contributed by atoms with van der Waals surface area (Å²) in [7, 11) is 0. The summed E-state index contributed by atoms with van der Waals surface area (Å²) in [6.07, 6.45) is 0.143. The number of cyclic esters (lactones) is 1. The number of amides is 1. The van der Waals surface area contributed by atoms with E-state index in [0.717, 1.165) is 5.69 Å². The fraction of sp³-hybridized carbons (Fsp3) is 0.158. The number of nitrogens with zero attached hydrogens (tertiary/aromatic N) is 1. The maximum Gasteiger partial charge on any atom is 0.336 e. The van der Waals surface area contributed by atoms with Gasteiger partial charge in [-0.05, 0) is 29.8 Å². The van der Waals surface area contributed by atoms with Gasteiger partial charge < -0.3 is 4.74 Å². The zero-order chi connectivity index (χ0) is 17.6. The Labute approximate surface area is 154 Å². The molecule has 126 valence electrons. The molecule has 2 aromatic carbocycles. The van der Waals surface area contributed by atoms with Crippen LogP contribution in [0.2, 0.25) is 10.0 Å². The number of carbonyl (C=O) groups is 2. The minimum atomic E-state index is -0.428. The first-order valence-corrected chi connectivity index (χ1v) is 8.55. The van der Waals surface area contributed by atoms with E-state index < -0.39 is 11.9 Å². The largest absolute Gasteiger partial charge is 0.456 e. The second kappa shape index (κ2) is 6.21. The molecule has 2 aromatic rings. The molecule has 6 heteroatoms. The first kappa shape index (κ1) is 16.2. The molecular weight excluding hydrogens is 361 g/mol. The van der Waals surface area contributed by atoms with E-state index in [1.54, 1.807) is 23.1 Å². The van der Waals surface area contributed by atoms with Gasteiger partial charge >= 0.3 is 5.97 Å². The van der Waals surface area contributed by atoms with Gasteiger partial charge in [0.15, 0.2) is 0 Å². The van der Waals surface area contributed by atoms with Gasteiger partial charge in [0.1, 0.15) is 6.61 Å². The summed E-state index contributed by atoms with van der Waals surface area (Å²) in [4.78, 5) is 26.8. The van der Waals surface area contributed by atoms with E-state index in [1.165, 1.54) is 0 Å². The third kappa shape index (κ3) is 2.71. The van der Waals surface area contributed by atoms with Crippen molar-refractivity contribution in [2.75, 3.05) is 11.5 Å². The maximum atomic E-state index is 12.9. The lowest BCUT2D eigenvalue weighted by Gasteiger charge is -2.32. The number of hydrogen-bond donors (Lipinski definition) is 0. The van der Waals surface area contributed by atoms with Crippen molar-refractivity contribution in [2.45, 2.75) is 12.3 Å². The van der Waals surface area contributed by atoms with E-state index in [-0.39, 0.29) is 18.9 Å². The second-order valence-electron chi connectivity index (χ2n) is 5.92. The lowest BCUT2D eigenvalue weighted by Crippen LogP contribution is -2.37. The summed E-state index contributed by atoms with van der Waals surface area (Å²) < 4.78 is 5.24. The monoisotopic (exact) mass is 373 g/mol.